The van der Waals surface area contributed by atoms with E-state index in [9.17, 15) is 9.18 Å². The van der Waals surface area contributed by atoms with Gasteiger partial charge in [0.1, 0.15) is 11.5 Å². The molecule has 0 atom stereocenters. The summed E-state index contributed by atoms with van der Waals surface area (Å²) in [5.74, 6) is 1.28. The highest BCUT2D eigenvalue weighted by atomic mass is 19.1. The van der Waals surface area contributed by atoms with Gasteiger partial charge in [-0.25, -0.2) is 4.39 Å². The van der Waals surface area contributed by atoms with Crippen LogP contribution in [0.25, 0.3) is 17.4 Å². The van der Waals surface area contributed by atoms with Crippen LogP contribution in [0, 0.1) is 5.82 Å². The summed E-state index contributed by atoms with van der Waals surface area (Å²) in [6, 6.07) is 13.0. The Bertz CT molecular complexity index is 995. The first kappa shape index (κ1) is 16.8. The molecule has 136 valence electrons. The molecule has 0 saturated heterocycles. The highest BCUT2D eigenvalue weighted by Crippen LogP contribution is 2.32. The Morgan fingerprint density at radius 3 is 2.78 bits per heavy atom. The van der Waals surface area contributed by atoms with Gasteiger partial charge in [0.25, 0.3) is 0 Å². The van der Waals surface area contributed by atoms with Crippen LogP contribution < -0.4 is 14.8 Å². The molecule has 0 aliphatic carbocycles. The van der Waals surface area contributed by atoms with E-state index in [1.807, 2.05) is 6.07 Å². The van der Waals surface area contributed by atoms with E-state index in [0.717, 1.165) is 5.56 Å². The molecule has 0 radical (unpaired) electrons. The number of hydrogen-bond acceptors (Lipinski definition) is 5. The van der Waals surface area contributed by atoms with E-state index in [2.05, 4.69) is 10.5 Å². The van der Waals surface area contributed by atoms with Crippen LogP contribution in [0.1, 0.15) is 11.3 Å². The lowest BCUT2D eigenvalue weighted by atomic mass is 10.1. The minimum absolute atomic E-state index is 0.209. The Labute approximate surface area is 154 Å². The van der Waals surface area contributed by atoms with E-state index >= 15 is 0 Å². The molecule has 0 fully saturated rings. The average Bonchev–Trinajstić information content (AvgIpc) is 3.34. The molecule has 27 heavy (non-hydrogen) atoms. The number of amides is 1. The number of aromatic nitrogens is 1. The summed E-state index contributed by atoms with van der Waals surface area (Å²) in [5, 5.41) is 6.64. The Morgan fingerprint density at radius 2 is 1.93 bits per heavy atom. The zero-order chi connectivity index (χ0) is 18.6. The Hall–Kier alpha value is -3.61. The fourth-order valence-corrected chi connectivity index (χ4v) is 2.57. The molecule has 2 aromatic carbocycles. The van der Waals surface area contributed by atoms with Crippen molar-refractivity contribution >= 4 is 12.0 Å². The third-order valence-electron chi connectivity index (χ3n) is 3.96. The normalized spacial score (nSPS) is 12.5. The quantitative estimate of drug-likeness (QED) is 0.699. The summed E-state index contributed by atoms with van der Waals surface area (Å²) in [6.07, 6.45) is 3.11. The first-order valence-electron chi connectivity index (χ1n) is 8.24. The molecule has 0 unspecified atom stereocenters. The topological polar surface area (TPSA) is 73.6 Å². The van der Waals surface area contributed by atoms with Crippen molar-refractivity contribution in [2.24, 2.45) is 0 Å². The van der Waals surface area contributed by atoms with Gasteiger partial charge in [-0.2, -0.15) is 0 Å². The van der Waals surface area contributed by atoms with Crippen LogP contribution in [0.5, 0.6) is 11.5 Å². The number of ether oxygens (including phenoxy) is 2. The summed E-state index contributed by atoms with van der Waals surface area (Å²) < 4.78 is 28.7. The van der Waals surface area contributed by atoms with E-state index < -0.39 is 0 Å². The minimum Gasteiger partial charge on any atom is -0.454 e. The molecule has 6 nitrogen and oxygen atoms in total. The number of nitrogens with zero attached hydrogens (tertiary/aromatic N) is 1. The van der Waals surface area contributed by atoms with Gasteiger partial charge >= 0.3 is 0 Å². The number of hydrogen-bond donors (Lipinski definition) is 1. The predicted octanol–water partition coefficient (Wildman–Crippen LogP) is 3.54. The van der Waals surface area contributed by atoms with E-state index in [0.29, 0.717) is 28.5 Å². The van der Waals surface area contributed by atoms with Gasteiger partial charge in [0.05, 0.1) is 6.54 Å². The van der Waals surface area contributed by atoms with Crippen molar-refractivity contribution in [2.45, 2.75) is 6.54 Å². The second-order valence-corrected chi connectivity index (χ2v) is 5.85. The maximum absolute atomic E-state index is 13.0. The fraction of sp³-hybridized carbons (Fsp3) is 0.100. The number of benzene rings is 2. The number of rotatable bonds is 5. The van der Waals surface area contributed by atoms with Crippen molar-refractivity contribution in [1.29, 1.82) is 0 Å². The van der Waals surface area contributed by atoms with Crippen molar-refractivity contribution in [3.8, 4) is 22.8 Å². The Balaban J connectivity index is 1.33. The monoisotopic (exact) mass is 366 g/mol. The van der Waals surface area contributed by atoms with Crippen molar-refractivity contribution in [3.63, 3.8) is 0 Å². The lowest BCUT2D eigenvalue weighted by Gasteiger charge is -1.99. The van der Waals surface area contributed by atoms with E-state index in [1.165, 1.54) is 18.2 Å². The van der Waals surface area contributed by atoms with Crippen LogP contribution >= 0.6 is 0 Å². The zero-order valence-electron chi connectivity index (χ0n) is 14.1. The molecular weight excluding hydrogens is 351 g/mol. The molecule has 7 heteroatoms. The molecule has 3 aromatic rings. The van der Waals surface area contributed by atoms with Gasteiger partial charge in [-0.3, -0.25) is 4.79 Å². The minimum atomic E-state index is -0.319. The van der Waals surface area contributed by atoms with Gasteiger partial charge in [0.15, 0.2) is 17.3 Å². The SMILES string of the molecule is O=C(/C=C/c1ccc2c(c1)OCO2)NCc1cc(-c2ccc(F)cc2)on1. The first-order valence-corrected chi connectivity index (χ1v) is 8.24. The molecule has 1 N–H and O–H groups in total. The predicted molar refractivity (Wildman–Crippen MR) is 95.3 cm³/mol. The van der Waals surface area contributed by atoms with E-state index in [1.54, 1.807) is 36.4 Å². The molecule has 0 spiro atoms. The number of carbonyl (C=O) groups excluding carboxylic acids is 1. The summed E-state index contributed by atoms with van der Waals surface area (Å²) in [5.41, 5.74) is 2.11. The lowest BCUT2D eigenvalue weighted by Crippen LogP contribution is -2.20. The van der Waals surface area contributed by atoms with Crippen LogP contribution in [0.3, 0.4) is 0 Å². The summed E-state index contributed by atoms with van der Waals surface area (Å²) >= 11 is 0. The molecule has 1 aliphatic heterocycles. The molecule has 1 aromatic heterocycles. The van der Waals surface area contributed by atoms with Crippen LogP contribution in [0.4, 0.5) is 4.39 Å². The fourth-order valence-electron chi connectivity index (χ4n) is 2.57. The summed E-state index contributed by atoms with van der Waals surface area (Å²) in [6.45, 7) is 0.426. The number of nitrogens with one attached hydrogen (secondary N) is 1. The maximum Gasteiger partial charge on any atom is 0.244 e. The smallest absolute Gasteiger partial charge is 0.244 e. The van der Waals surface area contributed by atoms with Gasteiger partial charge in [0, 0.05) is 17.7 Å². The number of halogens is 1. The molecular formula is C20H15FN2O4. The number of fused-ring (bicyclic) bond motifs is 1. The first-order chi connectivity index (χ1) is 13.2. The molecule has 2 heterocycles. The molecule has 1 amide bonds. The highest BCUT2D eigenvalue weighted by Gasteiger charge is 2.12. The molecule has 4 rings (SSSR count). The number of carbonyl (C=O) groups is 1. The third-order valence-corrected chi connectivity index (χ3v) is 3.96. The van der Waals surface area contributed by atoms with Crippen LogP contribution in [0.15, 0.2) is 59.1 Å². The largest absolute Gasteiger partial charge is 0.454 e. The van der Waals surface area contributed by atoms with Crippen LogP contribution in [-0.4, -0.2) is 17.9 Å². The molecule has 0 bridgehead atoms. The maximum atomic E-state index is 13.0. The van der Waals surface area contributed by atoms with E-state index in [-0.39, 0.29) is 25.1 Å². The molecule has 1 aliphatic rings. The van der Waals surface area contributed by atoms with Crippen molar-refractivity contribution in [2.75, 3.05) is 6.79 Å². The van der Waals surface area contributed by atoms with Gasteiger partial charge in [-0.15, -0.1) is 0 Å². The third kappa shape index (κ3) is 3.98. The lowest BCUT2D eigenvalue weighted by molar-refractivity contribution is -0.116. The highest BCUT2D eigenvalue weighted by molar-refractivity contribution is 5.91. The zero-order valence-corrected chi connectivity index (χ0v) is 14.1. The second-order valence-electron chi connectivity index (χ2n) is 5.85. The van der Waals surface area contributed by atoms with Crippen molar-refractivity contribution in [1.82, 2.24) is 10.5 Å². The molecule has 0 saturated carbocycles. The van der Waals surface area contributed by atoms with Crippen molar-refractivity contribution in [3.05, 3.63) is 71.7 Å². The Kier molecular flexibility index (Phi) is 4.57. The van der Waals surface area contributed by atoms with Crippen LogP contribution in [0.2, 0.25) is 0 Å². The Morgan fingerprint density at radius 1 is 1.11 bits per heavy atom. The average molecular weight is 366 g/mol. The summed E-state index contributed by atoms with van der Waals surface area (Å²) in [4.78, 5) is 12.0. The second kappa shape index (κ2) is 7.33. The van der Waals surface area contributed by atoms with Gasteiger partial charge in [-0.05, 0) is 48.0 Å². The van der Waals surface area contributed by atoms with Gasteiger partial charge < -0.3 is 19.3 Å². The standard InChI is InChI=1S/C20H15FN2O4/c21-15-5-3-14(4-6-15)18-10-16(23-27-18)11-22-20(24)8-2-13-1-7-17-19(9-13)26-12-25-17/h1-10H,11-12H2,(H,22,24)/b8-2+. The summed E-state index contributed by atoms with van der Waals surface area (Å²) in [7, 11) is 0. The van der Waals surface area contributed by atoms with Crippen LogP contribution in [-0.2, 0) is 11.3 Å². The van der Waals surface area contributed by atoms with Crippen molar-refractivity contribution < 1.29 is 23.2 Å². The van der Waals surface area contributed by atoms with E-state index in [4.69, 9.17) is 14.0 Å². The van der Waals surface area contributed by atoms with Gasteiger partial charge in [0.2, 0.25) is 12.7 Å². The van der Waals surface area contributed by atoms with Gasteiger partial charge in [-0.1, -0.05) is 11.2 Å².